The zero-order valence-corrected chi connectivity index (χ0v) is 19.3. The third kappa shape index (κ3) is 2.83. The van der Waals surface area contributed by atoms with E-state index in [1.807, 2.05) is 13.8 Å². The minimum Gasteiger partial charge on any atom is -0.459 e. The molecule has 3 saturated carbocycles. The first-order chi connectivity index (χ1) is 14.0. The number of rotatable bonds is 3. The fourth-order valence-corrected chi connectivity index (χ4v) is 8.53. The molecule has 0 bridgehead atoms. The van der Waals surface area contributed by atoms with E-state index in [2.05, 4.69) is 15.9 Å². The number of aliphatic hydroxyl groups is 1. The summed E-state index contributed by atoms with van der Waals surface area (Å²) in [5.41, 5.74) is -2.50. The standard InChI is InChI=1S/C23H30BrFO5/c1-12(27)30-20-10-21(2)14(4-5-15(21)19(29)11-26)16-9-18(24)17-8-13(28)6-7-22(17,3)23(16,20)25/h8,14-16,18,20,26H,4-7,9-11H2,1-3H3/t14-,15+,16-,18-,20+,21-,22-,23-/m0/s1. The van der Waals surface area contributed by atoms with Gasteiger partial charge in [0, 0.05) is 35.4 Å². The van der Waals surface area contributed by atoms with Gasteiger partial charge in [-0.1, -0.05) is 29.8 Å². The van der Waals surface area contributed by atoms with Crippen molar-refractivity contribution in [1.82, 2.24) is 0 Å². The SMILES string of the molecule is CC(=O)O[C@@H]1C[C@]2(C)[C@@H](C(=O)CO)CC[C@H]2[C@@H]2C[C@H](Br)C3=CC(=O)CC[C@]3(C)[C@@]12F. The molecule has 0 saturated heterocycles. The Balaban J connectivity index is 1.86. The third-order valence-electron chi connectivity index (χ3n) is 8.85. The van der Waals surface area contributed by atoms with E-state index >= 15 is 4.39 Å². The number of hydrogen-bond donors (Lipinski definition) is 1. The average molecular weight is 485 g/mol. The normalized spacial score (nSPS) is 47.6. The molecule has 0 aromatic rings. The second-order valence-corrected chi connectivity index (χ2v) is 11.3. The first-order valence-corrected chi connectivity index (χ1v) is 11.8. The van der Waals surface area contributed by atoms with Crippen LogP contribution in [-0.2, 0) is 19.1 Å². The Labute approximate surface area is 184 Å². The van der Waals surface area contributed by atoms with Crippen molar-refractivity contribution in [3.05, 3.63) is 11.6 Å². The van der Waals surface area contributed by atoms with Crippen LogP contribution in [-0.4, -0.2) is 45.8 Å². The largest absolute Gasteiger partial charge is 0.459 e. The van der Waals surface area contributed by atoms with Crippen molar-refractivity contribution in [3.63, 3.8) is 0 Å². The monoisotopic (exact) mass is 484 g/mol. The Hall–Kier alpha value is -1.08. The Morgan fingerprint density at radius 2 is 2.00 bits per heavy atom. The Bertz CT molecular complexity index is 826. The van der Waals surface area contributed by atoms with Crippen LogP contribution in [0.15, 0.2) is 11.6 Å². The molecule has 8 atom stereocenters. The van der Waals surface area contributed by atoms with Crippen LogP contribution in [0, 0.1) is 28.6 Å². The van der Waals surface area contributed by atoms with E-state index in [0.717, 1.165) is 5.57 Å². The molecule has 4 rings (SSSR count). The minimum atomic E-state index is -1.81. The van der Waals surface area contributed by atoms with Gasteiger partial charge in [-0.2, -0.15) is 0 Å². The zero-order chi connectivity index (χ0) is 22.1. The summed E-state index contributed by atoms with van der Waals surface area (Å²) in [4.78, 5) is 36.5. The molecule has 7 heteroatoms. The van der Waals surface area contributed by atoms with E-state index in [1.165, 1.54) is 6.92 Å². The molecule has 1 N–H and O–H groups in total. The molecular weight excluding hydrogens is 455 g/mol. The van der Waals surface area contributed by atoms with Crippen LogP contribution in [0.25, 0.3) is 0 Å². The molecule has 3 fully saturated rings. The van der Waals surface area contributed by atoms with Gasteiger partial charge in [-0.25, -0.2) is 4.39 Å². The van der Waals surface area contributed by atoms with Gasteiger partial charge in [0.25, 0.3) is 0 Å². The molecular formula is C23H30BrFO5. The van der Waals surface area contributed by atoms with Crippen molar-refractivity contribution < 1.29 is 28.6 Å². The van der Waals surface area contributed by atoms with Gasteiger partial charge in [0.15, 0.2) is 17.2 Å². The highest BCUT2D eigenvalue weighted by Gasteiger charge is 2.73. The predicted molar refractivity (Wildman–Crippen MR) is 112 cm³/mol. The van der Waals surface area contributed by atoms with E-state index in [4.69, 9.17) is 4.74 Å². The molecule has 0 radical (unpaired) electrons. The summed E-state index contributed by atoms with van der Waals surface area (Å²) in [6.45, 7) is 4.64. The highest BCUT2D eigenvalue weighted by Crippen LogP contribution is 2.70. The number of carbonyl (C=O) groups is 3. The molecule has 0 heterocycles. The first-order valence-electron chi connectivity index (χ1n) is 10.9. The van der Waals surface area contributed by atoms with Gasteiger partial charge in [0.2, 0.25) is 0 Å². The van der Waals surface area contributed by atoms with Crippen molar-refractivity contribution in [2.45, 2.75) is 75.9 Å². The van der Waals surface area contributed by atoms with Crippen molar-refractivity contribution in [3.8, 4) is 0 Å². The smallest absolute Gasteiger partial charge is 0.303 e. The van der Waals surface area contributed by atoms with Gasteiger partial charge in [0.1, 0.15) is 12.7 Å². The zero-order valence-electron chi connectivity index (χ0n) is 17.7. The van der Waals surface area contributed by atoms with Gasteiger partial charge < -0.3 is 9.84 Å². The molecule has 0 amide bonds. The summed E-state index contributed by atoms with van der Waals surface area (Å²) < 4.78 is 23.2. The number of Topliss-reactive ketones (excluding diaryl/α,β-unsaturated/α-hetero) is 1. The number of aliphatic hydroxyl groups excluding tert-OH is 1. The van der Waals surface area contributed by atoms with E-state index < -0.39 is 41.1 Å². The molecule has 30 heavy (non-hydrogen) atoms. The molecule has 4 aliphatic carbocycles. The molecule has 166 valence electrons. The Morgan fingerprint density at radius 1 is 1.30 bits per heavy atom. The summed E-state index contributed by atoms with van der Waals surface area (Å²) in [7, 11) is 0. The van der Waals surface area contributed by atoms with E-state index in [1.54, 1.807) is 6.08 Å². The Morgan fingerprint density at radius 3 is 2.63 bits per heavy atom. The second-order valence-electron chi connectivity index (χ2n) is 10.1. The second kappa shape index (κ2) is 7.22. The lowest BCUT2D eigenvalue weighted by Crippen LogP contribution is -2.69. The number of alkyl halides is 2. The number of carbonyl (C=O) groups excluding carboxylic acids is 3. The van der Waals surface area contributed by atoms with Crippen LogP contribution in [0.5, 0.6) is 0 Å². The molecule has 0 unspecified atom stereocenters. The lowest BCUT2D eigenvalue weighted by Gasteiger charge is -2.64. The predicted octanol–water partition coefficient (Wildman–Crippen LogP) is 3.70. The minimum absolute atomic E-state index is 0.00753. The molecule has 0 aromatic heterocycles. The van der Waals surface area contributed by atoms with Crippen LogP contribution >= 0.6 is 15.9 Å². The van der Waals surface area contributed by atoms with E-state index in [-0.39, 0.29) is 41.1 Å². The van der Waals surface area contributed by atoms with Crippen LogP contribution in [0.1, 0.15) is 59.3 Å². The van der Waals surface area contributed by atoms with Gasteiger partial charge >= 0.3 is 5.97 Å². The number of fused-ring (bicyclic) bond motifs is 5. The van der Waals surface area contributed by atoms with Crippen LogP contribution < -0.4 is 0 Å². The summed E-state index contributed by atoms with van der Waals surface area (Å²) >= 11 is 3.72. The molecule has 0 aromatic carbocycles. The fourth-order valence-electron chi connectivity index (χ4n) is 7.49. The van der Waals surface area contributed by atoms with Crippen molar-refractivity contribution >= 4 is 33.5 Å². The van der Waals surface area contributed by atoms with Crippen molar-refractivity contribution in [1.29, 1.82) is 0 Å². The maximum Gasteiger partial charge on any atom is 0.303 e. The number of ether oxygens (including phenoxy) is 1. The van der Waals surface area contributed by atoms with Gasteiger partial charge in [0.05, 0.1) is 0 Å². The lowest BCUT2D eigenvalue weighted by atomic mass is 9.44. The van der Waals surface area contributed by atoms with Crippen LogP contribution in [0.3, 0.4) is 0 Å². The number of esters is 1. The topological polar surface area (TPSA) is 80.7 Å². The lowest BCUT2D eigenvalue weighted by molar-refractivity contribution is -0.221. The van der Waals surface area contributed by atoms with Crippen molar-refractivity contribution in [2.24, 2.45) is 28.6 Å². The summed E-state index contributed by atoms with van der Waals surface area (Å²) in [6.07, 6.45) is 3.33. The van der Waals surface area contributed by atoms with Crippen molar-refractivity contribution in [2.75, 3.05) is 6.61 Å². The maximum absolute atomic E-state index is 17.5. The number of halogens is 2. The first kappa shape index (κ1) is 22.1. The molecule has 0 aliphatic heterocycles. The highest BCUT2D eigenvalue weighted by molar-refractivity contribution is 9.09. The molecule has 0 spiro atoms. The quantitative estimate of drug-likeness (QED) is 0.487. The van der Waals surface area contributed by atoms with Gasteiger partial charge in [-0.3, -0.25) is 14.4 Å². The van der Waals surface area contributed by atoms with E-state index in [0.29, 0.717) is 25.7 Å². The van der Waals surface area contributed by atoms with Gasteiger partial charge in [-0.05, 0) is 55.1 Å². The third-order valence-corrected chi connectivity index (χ3v) is 9.72. The average Bonchev–Trinajstić information content (AvgIpc) is 3.01. The van der Waals surface area contributed by atoms with Crippen LogP contribution in [0.2, 0.25) is 0 Å². The fraction of sp³-hybridized carbons (Fsp3) is 0.783. The molecule has 5 nitrogen and oxygen atoms in total. The van der Waals surface area contributed by atoms with Gasteiger partial charge in [-0.15, -0.1) is 0 Å². The maximum atomic E-state index is 17.5. The van der Waals surface area contributed by atoms with E-state index in [9.17, 15) is 19.5 Å². The van der Waals surface area contributed by atoms with Crippen LogP contribution in [0.4, 0.5) is 4.39 Å². The number of ketones is 2. The summed E-state index contributed by atoms with van der Waals surface area (Å²) in [5, 5.41) is 9.50. The summed E-state index contributed by atoms with van der Waals surface area (Å²) in [6, 6.07) is 0. The summed E-state index contributed by atoms with van der Waals surface area (Å²) in [5.74, 6) is -1.56. The number of allylic oxidation sites excluding steroid dienone is 1. The molecule has 4 aliphatic rings. The Kier molecular flexibility index (Phi) is 5.33. The number of hydrogen-bond acceptors (Lipinski definition) is 5. The highest BCUT2D eigenvalue weighted by atomic mass is 79.9.